The maximum absolute atomic E-state index is 6.36. The number of hydrogen-bond acceptors (Lipinski definition) is 9. The summed E-state index contributed by atoms with van der Waals surface area (Å²) in [4.78, 5) is 12.6. The van der Waals surface area contributed by atoms with Gasteiger partial charge < -0.3 is 24.4 Å². The first kappa shape index (κ1) is 19.5. The Labute approximate surface area is 169 Å². The van der Waals surface area contributed by atoms with Crippen molar-refractivity contribution < 1.29 is 18.6 Å². The molecule has 4 atom stereocenters. The Morgan fingerprint density at radius 3 is 2.64 bits per heavy atom. The number of nitrogens with zero attached hydrogens (tertiary/aromatic N) is 4. The third-order valence-corrected chi connectivity index (χ3v) is 10.5. The minimum absolute atomic E-state index is 0.0989. The Bertz CT molecular complexity index is 915. The molecule has 4 heterocycles. The zero-order valence-electron chi connectivity index (χ0n) is 16.6. The lowest BCUT2D eigenvalue weighted by Crippen LogP contribution is -2.44. The average molecular weight is 424 g/mol. The number of fused-ring (bicyclic) bond motifs is 2. The number of aromatic nitrogens is 4. The van der Waals surface area contributed by atoms with Crippen LogP contribution in [0.1, 0.15) is 27.0 Å². The summed E-state index contributed by atoms with van der Waals surface area (Å²) in [7, 11) is -1.94. The molecule has 2 saturated heterocycles. The SMILES string of the molecule is CC(C)(C)[Si](C)(C)OC[C@@H]1O[C@H](n2cnc3c(N)ncnc32)[C@@H]2OC(=S)O[C@@H]21. The van der Waals surface area contributed by atoms with Crippen LogP contribution in [0.25, 0.3) is 11.2 Å². The Hall–Kier alpha value is -1.82. The fraction of sp³-hybridized carbons (Fsp3) is 0.647. The van der Waals surface area contributed by atoms with Crippen molar-refractivity contribution in [1.82, 2.24) is 19.5 Å². The maximum atomic E-state index is 6.36. The summed E-state index contributed by atoms with van der Waals surface area (Å²) < 4.78 is 25.9. The third kappa shape index (κ3) is 3.15. The molecule has 0 unspecified atom stereocenters. The lowest BCUT2D eigenvalue weighted by molar-refractivity contribution is -0.0581. The smallest absolute Gasteiger partial charge is 0.353 e. The molecule has 2 aromatic heterocycles. The normalized spacial score (nSPS) is 27.7. The third-order valence-electron chi connectivity index (χ3n) is 5.83. The van der Waals surface area contributed by atoms with Gasteiger partial charge in [0.1, 0.15) is 17.9 Å². The van der Waals surface area contributed by atoms with E-state index in [0.717, 1.165) is 0 Å². The molecule has 11 heteroatoms. The van der Waals surface area contributed by atoms with Gasteiger partial charge in [0.25, 0.3) is 0 Å². The van der Waals surface area contributed by atoms with E-state index in [4.69, 9.17) is 36.6 Å². The highest BCUT2D eigenvalue weighted by Crippen LogP contribution is 2.41. The summed E-state index contributed by atoms with van der Waals surface area (Å²) >= 11 is 5.14. The highest BCUT2D eigenvalue weighted by Gasteiger charge is 2.54. The molecule has 0 amide bonds. The van der Waals surface area contributed by atoms with Crippen LogP contribution in [-0.2, 0) is 18.6 Å². The fourth-order valence-electron chi connectivity index (χ4n) is 3.15. The molecule has 2 aliphatic heterocycles. The van der Waals surface area contributed by atoms with Crippen LogP contribution in [-0.4, -0.2) is 58.0 Å². The van der Waals surface area contributed by atoms with Crippen LogP contribution in [0.5, 0.6) is 0 Å². The highest BCUT2D eigenvalue weighted by molar-refractivity contribution is 7.79. The summed E-state index contributed by atoms with van der Waals surface area (Å²) in [5.41, 5.74) is 6.99. The van der Waals surface area contributed by atoms with Crippen LogP contribution in [0.3, 0.4) is 0 Å². The van der Waals surface area contributed by atoms with E-state index in [1.807, 2.05) is 0 Å². The largest absolute Gasteiger partial charge is 0.447 e. The van der Waals surface area contributed by atoms with Gasteiger partial charge in [-0.15, -0.1) is 0 Å². The topological polar surface area (TPSA) is 107 Å². The van der Waals surface area contributed by atoms with Gasteiger partial charge in [-0.05, 0) is 18.1 Å². The average Bonchev–Trinajstić information content (AvgIpc) is 3.26. The van der Waals surface area contributed by atoms with E-state index in [1.165, 1.54) is 6.33 Å². The molecule has 152 valence electrons. The summed E-state index contributed by atoms with van der Waals surface area (Å²) in [5.74, 6) is 0.315. The van der Waals surface area contributed by atoms with Gasteiger partial charge in [0.05, 0.1) is 12.9 Å². The van der Waals surface area contributed by atoms with E-state index in [1.54, 1.807) is 10.9 Å². The van der Waals surface area contributed by atoms with Crippen molar-refractivity contribution in [2.24, 2.45) is 0 Å². The zero-order valence-corrected chi connectivity index (χ0v) is 18.4. The molecule has 2 aromatic rings. The number of imidazole rings is 1. The van der Waals surface area contributed by atoms with E-state index in [-0.39, 0.29) is 22.5 Å². The number of nitrogen functional groups attached to an aromatic ring is 1. The second-order valence-electron chi connectivity index (χ2n) is 8.63. The van der Waals surface area contributed by atoms with Crippen molar-refractivity contribution in [2.45, 2.75) is 63.4 Å². The van der Waals surface area contributed by atoms with Gasteiger partial charge in [-0.1, -0.05) is 20.8 Å². The molecule has 0 bridgehead atoms. The second-order valence-corrected chi connectivity index (χ2v) is 13.8. The van der Waals surface area contributed by atoms with Crippen LogP contribution in [0.4, 0.5) is 5.82 Å². The van der Waals surface area contributed by atoms with Gasteiger partial charge in [-0.25, -0.2) is 15.0 Å². The molecule has 2 aliphatic rings. The van der Waals surface area contributed by atoms with Crippen molar-refractivity contribution in [1.29, 1.82) is 0 Å². The van der Waals surface area contributed by atoms with Crippen molar-refractivity contribution in [3.8, 4) is 0 Å². The fourth-order valence-corrected chi connectivity index (χ4v) is 4.38. The van der Waals surface area contributed by atoms with Crippen LogP contribution >= 0.6 is 12.2 Å². The van der Waals surface area contributed by atoms with Crippen LogP contribution in [0.2, 0.25) is 18.1 Å². The molecular weight excluding hydrogens is 398 g/mol. The highest BCUT2D eigenvalue weighted by atomic mass is 32.1. The Balaban J connectivity index is 1.60. The van der Waals surface area contributed by atoms with Crippen molar-refractivity contribution >= 4 is 42.8 Å². The molecule has 4 rings (SSSR count). The van der Waals surface area contributed by atoms with E-state index in [9.17, 15) is 0 Å². The van der Waals surface area contributed by atoms with Gasteiger partial charge in [-0.2, -0.15) is 0 Å². The number of hydrogen-bond donors (Lipinski definition) is 1. The predicted octanol–water partition coefficient (Wildman–Crippen LogP) is 2.40. The molecule has 28 heavy (non-hydrogen) atoms. The number of ether oxygens (including phenoxy) is 3. The van der Waals surface area contributed by atoms with Crippen molar-refractivity contribution in [2.75, 3.05) is 12.3 Å². The quantitative estimate of drug-likeness (QED) is 0.586. The number of anilines is 1. The Kier molecular flexibility index (Phi) is 4.60. The van der Waals surface area contributed by atoms with E-state index in [2.05, 4.69) is 48.8 Å². The standard InChI is InChI=1S/C17H25N5O4SSi/c1-17(2,3)28(4,5)23-6-9-11-12(26-16(27)25-11)15(24-9)22-8-21-10-13(18)19-7-20-14(10)22/h7-9,11-12,15H,6H2,1-5H3,(H2,18,19,20)/t9-,11+,12+,15-/m0/s1. The van der Waals surface area contributed by atoms with Crippen molar-refractivity contribution in [3.63, 3.8) is 0 Å². The molecule has 2 fully saturated rings. The predicted molar refractivity (Wildman–Crippen MR) is 109 cm³/mol. The summed E-state index contributed by atoms with van der Waals surface area (Å²) in [6.45, 7) is 11.4. The lowest BCUT2D eigenvalue weighted by Gasteiger charge is -2.37. The van der Waals surface area contributed by atoms with E-state index >= 15 is 0 Å². The lowest BCUT2D eigenvalue weighted by atomic mass is 10.1. The number of rotatable bonds is 4. The van der Waals surface area contributed by atoms with Crippen LogP contribution in [0, 0.1) is 0 Å². The summed E-state index contributed by atoms with van der Waals surface area (Å²) in [5, 5.41) is 0.223. The van der Waals surface area contributed by atoms with Gasteiger partial charge >= 0.3 is 5.24 Å². The molecule has 0 radical (unpaired) electrons. The van der Waals surface area contributed by atoms with Gasteiger partial charge in [0, 0.05) is 12.2 Å². The van der Waals surface area contributed by atoms with Gasteiger partial charge in [-0.3, -0.25) is 4.57 Å². The zero-order chi connectivity index (χ0) is 20.3. The molecular formula is C17H25N5O4SSi. The molecule has 2 N–H and O–H groups in total. The summed E-state index contributed by atoms with van der Waals surface area (Å²) in [6.07, 6.45) is 1.45. The van der Waals surface area contributed by atoms with E-state index < -0.39 is 20.6 Å². The van der Waals surface area contributed by atoms with Crippen LogP contribution < -0.4 is 5.73 Å². The number of nitrogens with two attached hydrogens (primary N) is 1. The molecule has 0 aromatic carbocycles. The first-order valence-electron chi connectivity index (χ1n) is 9.18. The molecule has 0 spiro atoms. The van der Waals surface area contributed by atoms with Crippen LogP contribution in [0.15, 0.2) is 12.7 Å². The summed E-state index contributed by atoms with van der Waals surface area (Å²) in [6, 6.07) is 0. The van der Waals surface area contributed by atoms with Gasteiger partial charge in [0.15, 0.2) is 38.2 Å². The second kappa shape index (κ2) is 6.61. The Morgan fingerprint density at radius 1 is 1.21 bits per heavy atom. The van der Waals surface area contributed by atoms with Gasteiger partial charge in [0.2, 0.25) is 0 Å². The number of thiocarbonyl (C=S) groups is 1. The van der Waals surface area contributed by atoms with Crippen molar-refractivity contribution in [3.05, 3.63) is 12.7 Å². The minimum Gasteiger partial charge on any atom is -0.447 e. The Morgan fingerprint density at radius 2 is 1.93 bits per heavy atom. The maximum Gasteiger partial charge on any atom is 0.353 e. The molecule has 0 saturated carbocycles. The first-order valence-corrected chi connectivity index (χ1v) is 12.5. The molecule has 9 nitrogen and oxygen atoms in total. The monoisotopic (exact) mass is 423 g/mol. The first-order chi connectivity index (χ1) is 13.1. The van der Waals surface area contributed by atoms with E-state index in [0.29, 0.717) is 23.6 Å². The molecule has 0 aliphatic carbocycles. The minimum atomic E-state index is -1.94.